The molecule has 0 aromatic rings. The number of aliphatic carboxylic acids is 1. The molecule has 0 aliphatic carbocycles. The molecule has 0 rings (SSSR count). The summed E-state index contributed by atoms with van der Waals surface area (Å²) in [6.45, 7) is -0.663. The van der Waals surface area contributed by atoms with Crippen LogP contribution in [0.25, 0.3) is 0 Å². The highest BCUT2D eigenvalue weighted by molar-refractivity contribution is 6.39. The molecule has 0 heterocycles. The average molecular weight is 188 g/mol. The average Bonchev–Trinajstić information content (AvgIpc) is 1.98. The summed E-state index contributed by atoms with van der Waals surface area (Å²) in [4.78, 5) is 41.4. The van der Waals surface area contributed by atoms with Gasteiger partial charge in [-0.25, -0.2) is 0 Å². The van der Waals surface area contributed by atoms with E-state index >= 15 is 0 Å². The monoisotopic (exact) mass is 188 g/mol. The zero-order chi connectivity index (χ0) is 10.4. The molecule has 2 amide bonds. The van der Waals surface area contributed by atoms with E-state index in [4.69, 9.17) is 5.11 Å². The summed E-state index contributed by atoms with van der Waals surface area (Å²) < 4.78 is 0. The Kier molecular flexibility index (Phi) is 4.14. The first-order chi connectivity index (χ1) is 5.93. The molecule has 4 N–H and O–H groups in total. The van der Waals surface area contributed by atoms with E-state index in [1.54, 1.807) is 5.32 Å². The lowest BCUT2D eigenvalue weighted by Gasteiger charge is -1.98. The van der Waals surface area contributed by atoms with Gasteiger partial charge in [0.05, 0.1) is 6.42 Å². The molecule has 0 unspecified atom stereocenters. The number of nitrogens with two attached hydrogens (primary N) is 1. The minimum absolute atomic E-state index is 0.663. The standard InChI is InChI=1S/C6H8N2O5/c7-4(10)1-3(9)6(13)8-2-5(11)12/h1-2H2,(H2,7,10)(H,8,13)(H,11,12). The Balaban J connectivity index is 3.90. The van der Waals surface area contributed by atoms with Crippen molar-refractivity contribution in [2.24, 2.45) is 5.73 Å². The molecule has 0 atom stereocenters. The van der Waals surface area contributed by atoms with Crippen LogP contribution in [0.5, 0.6) is 0 Å². The highest BCUT2D eigenvalue weighted by Gasteiger charge is 2.16. The van der Waals surface area contributed by atoms with E-state index in [9.17, 15) is 19.2 Å². The van der Waals surface area contributed by atoms with Crippen molar-refractivity contribution < 1.29 is 24.3 Å². The number of hydrogen-bond donors (Lipinski definition) is 3. The summed E-state index contributed by atoms with van der Waals surface area (Å²) >= 11 is 0. The molecular weight excluding hydrogens is 180 g/mol. The Morgan fingerprint density at radius 2 is 1.77 bits per heavy atom. The smallest absolute Gasteiger partial charge is 0.322 e. The molecule has 7 heteroatoms. The van der Waals surface area contributed by atoms with Crippen molar-refractivity contribution >= 4 is 23.6 Å². The number of carbonyl (C=O) groups excluding carboxylic acids is 3. The second kappa shape index (κ2) is 4.86. The van der Waals surface area contributed by atoms with Crippen LogP contribution in [0.2, 0.25) is 0 Å². The summed E-state index contributed by atoms with van der Waals surface area (Å²) in [5.41, 5.74) is 4.63. The number of amides is 2. The zero-order valence-corrected chi connectivity index (χ0v) is 6.57. The first-order valence-electron chi connectivity index (χ1n) is 3.24. The van der Waals surface area contributed by atoms with Gasteiger partial charge in [-0.15, -0.1) is 0 Å². The SMILES string of the molecule is NC(=O)CC(=O)C(=O)NCC(=O)O. The molecule has 0 saturated heterocycles. The van der Waals surface area contributed by atoms with Crippen LogP contribution in [0.1, 0.15) is 6.42 Å². The van der Waals surface area contributed by atoms with Crippen molar-refractivity contribution in [3.8, 4) is 0 Å². The predicted molar refractivity (Wildman–Crippen MR) is 39.5 cm³/mol. The summed E-state index contributed by atoms with van der Waals surface area (Å²) in [5, 5.41) is 9.90. The van der Waals surface area contributed by atoms with Crippen LogP contribution < -0.4 is 11.1 Å². The molecule has 0 bridgehead atoms. The van der Waals surface area contributed by atoms with Crippen molar-refractivity contribution in [3.05, 3.63) is 0 Å². The van der Waals surface area contributed by atoms with E-state index < -0.39 is 36.5 Å². The minimum atomic E-state index is -1.28. The molecule has 7 nitrogen and oxygen atoms in total. The van der Waals surface area contributed by atoms with Gasteiger partial charge in [0.1, 0.15) is 6.54 Å². The summed E-state index contributed by atoms with van der Waals surface area (Å²) in [6.07, 6.45) is -0.717. The Hall–Kier alpha value is -1.92. The Morgan fingerprint density at radius 1 is 1.23 bits per heavy atom. The Labute approximate surface area is 72.9 Å². The van der Waals surface area contributed by atoms with Crippen LogP contribution in [0, 0.1) is 0 Å². The number of carboxylic acids is 1. The van der Waals surface area contributed by atoms with Crippen LogP contribution in [-0.2, 0) is 19.2 Å². The summed E-state index contributed by atoms with van der Waals surface area (Å²) in [5.74, 6) is -4.38. The van der Waals surface area contributed by atoms with E-state index in [1.165, 1.54) is 0 Å². The quantitative estimate of drug-likeness (QED) is 0.328. The van der Waals surface area contributed by atoms with Crippen molar-refractivity contribution in [1.29, 1.82) is 0 Å². The lowest BCUT2D eigenvalue weighted by atomic mass is 10.2. The highest BCUT2D eigenvalue weighted by atomic mass is 16.4. The van der Waals surface area contributed by atoms with Crippen molar-refractivity contribution in [2.45, 2.75) is 6.42 Å². The molecule has 0 spiro atoms. The maximum atomic E-state index is 10.7. The summed E-state index contributed by atoms with van der Waals surface area (Å²) in [7, 11) is 0. The van der Waals surface area contributed by atoms with E-state index in [0.717, 1.165) is 0 Å². The highest BCUT2D eigenvalue weighted by Crippen LogP contribution is 1.81. The molecule has 72 valence electrons. The fraction of sp³-hybridized carbons (Fsp3) is 0.333. The van der Waals surface area contributed by atoms with Crippen LogP contribution in [0.15, 0.2) is 0 Å². The maximum absolute atomic E-state index is 10.7. The lowest BCUT2D eigenvalue weighted by molar-refractivity contribution is -0.142. The van der Waals surface area contributed by atoms with Crippen LogP contribution in [0.4, 0.5) is 0 Å². The molecule has 0 radical (unpaired) electrons. The van der Waals surface area contributed by atoms with E-state index in [-0.39, 0.29) is 0 Å². The Morgan fingerprint density at radius 3 is 2.15 bits per heavy atom. The second-order valence-corrected chi connectivity index (χ2v) is 2.14. The molecular formula is C6H8N2O5. The van der Waals surface area contributed by atoms with E-state index in [1.807, 2.05) is 0 Å². The zero-order valence-electron chi connectivity index (χ0n) is 6.57. The van der Waals surface area contributed by atoms with Crippen molar-refractivity contribution in [2.75, 3.05) is 6.54 Å². The first-order valence-corrected chi connectivity index (χ1v) is 3.24. The number of ketones is 1. The lowest BCUT2D eigenvalue weighted by Crippen LogP contribution is -2.36. The number of rotatable bonds is 5. The van der Waals surface area contributed by atoms with Gasteiger partial charge in [0, 0.05) is 0 Å². The van der Waals surface area contributed by atoms with Crippen molar-refractivity contribution in [1.82, 2.24) is 5.32 Å². The van der Waals surface area contributed by atoms with Gasteiger partial charge in [0.25, 0.3) is 5.91 Å². The largest absolute Gasteiger partial charge is 0.480 e. The van der Waals surface area contributed by atoms with Gasteiger partial charge in [-0.1, -0.05) is 0 Å². The van der Waals surface area contributed by atoms with Gasteiger partial charge in [0.15, 0.2) is 0 Å². The topological polar surface area (TPSA) is 127 Å². The van der Waals surface area contributed by atoms with E-state index in [2.05, 4.69) is 5.73 Å². The number of nitrogens with one attached hydrogen (secondary N) is 1. The first kappa shape index (κ1) is 11.1. The van der Waals surface area contributed by atoms with Crippen LogP contribution in [0.3, 0.4) is 0 Å². The molecule has 0 aromatic carbocycles. The number of Topliss-reactive ketones (excluding diaryl/α,β-unsaturated/α-hetero) is 1. The fourth-order valence-electron chi connectivity index (χ4n) is 0.493. The van der Waals surface area contributed by atoms with Gasteiger partial charge >= 0.3 is 5.97 Å². The van der Waals surface area contributed by atoms with Gasteiger partial charge in [-0.3, -0.25) is 19.2 Å². The van der Waals surface area contributed by atoms with Crippen molar-refractivity contribution in [3.63, 3.8) is 0 Å². The molecule has 0 saturated carbocycles. The van der Waals surface area contributed by atoms with Gasteiger partial charge in [0.2, 0.25) is 11.7 Å². The van der Waals surface area contributed by atoms with Crippen LogP contribution >= 0.6 is 0 Å². The summed E-state index contributed by atoms with van der Waals surface area (Å²) in [6, 6.07) is 0. The third kappa shape index (κ3) is 5.36. The van der Waals surface area contributed by atoms with Gasteiger partial charge in [-0.05, 0) is 0 Å². The fourth-order valence-corrected chi connectivity index (χ4v) is 0.493. The number of carbonyl (C=O) groups is 4. The maximum Gasteiger partial charge on any atom is 0.322 e. The second-order valence-electron chi connectivity index (χ2n) is 2.14. The van der Waals surface area contributed by atoms with E-state index in [0.29, 0.717) is 0 Å². The third-order valence-electron chi connectivity index (χ3n) is 0.988. The third-order valence-corrected chi connectivity index (χ3v) is 0.988. The normalized spacial score (nSPS) is 8.92. The molecule has 0 aliphatic rings. The predicted octanol–water partition coefficient (Wildman–Crippen LogP) is -2.37. The Bertz CT molecular complexity index is 260. The van der Waals surface area contributed by atoms with Crippen LogP contribution in [-0.4, -0.2) is 35.2 Å². The number of hydrogen-bond acceptors (Lipinski definition) is 4. The van der Waals surface area contributed by atoms with Gasteiger partial charge < -0.3 is 16.2 Å². The molecule has 13 heavy (non-hydrogen) atoms. The molecule has 0 fully saturated rings. The number of primary amides is 1. The minimum Gasteiger partial charge on any atom is -0.480 e. The molecule has 0 aromatic heterocycles. The van der Waals surface area contributed by atoms with Gasteiger partial charge in [-0.2, -0.15) is 0 Å². The molecule has 0 aliphatic heterocycles. The number of carboxylic acid groups (broad SMARTS) is 1.